The molecule has 0 bridgehead atoms. The molecule has 1 heterocycles. The van der Waals surface area contributed by atoms with E-state index >= 15 is 0 Å². The highest BCUT2D eigenvalue weighted by atomic mass is 16.5. The molecule has 0 atom stereocenters. The lowest BCUT2D eigenvalue weighted by Gasteiger charge is -2.18. The monoisotopic (exact) mass is 421 g/mol. The van der Waals surface area contributed by atoms with Crippen LogP contribution in [0.15, 0.2) is 55.1 Å². The van der Waals surface area contributed by atoms with E-state index in [1.165, 1.54) is 0 Å². The van der Waals surface area contributed by atoms with E-state index in [2.05, 4.69) is 16.5 Å². The topological polar surface area (TPSA) is 65.4 Å². The van der Waals surface area contributed by atoms with Crippen molar-refractivity contribution in [3.05, 3.63) is 66.5 Å². The van der Waals surface area contributed by atoms with Crippen molar-refractivity contribution in [2.45, 2.75) is 40.3 Å². The Morgan fingerprint density at radius 3 is 2.68 bits per heavy atom. The maximum absolute atomic E-state index is 12.3. The second-order valence-corrected chi connectivity index (χ2v) is 8.43. The van der Waals surface area contributed by atoms with Gasteiger partial charge in [0.25, 0.3) is 0 Å². The molecular weight excluding hydrogens is 390 g/mol. The van der Waals surface area contributed by atoms with Crippen molar-refractivity contribution < 1.29 is 14.3 Å². The molecule has 3 aromatic rings. The van der Waals surface area contributed by atoms with Crippen LogP contribution >= 0.6 is 0 Å². The van der Waals surface area contributed by atoms with Gasteiger partial charge in [0.2, 0.25) is 5.91 Å². The molecule has 3 rings (SSSR count). The zero-order chi connectivity index (χ0) is 22.4. The maximum Gasteiger partial charge on any atom is 0.225 e. The van der Waals surface area contributed by atoms with Crippen molar-refractivity contribution >= 4 is 16.9 Å². The predicted octanol–water partition coefficient (Wildman–Crippen LogP) is 4.51. The fraction of sp³-hybridized carbons (Fsp3) is 0.360. The number of aromatic nitrogens is 2. The number of methoxy groups -OCH3 is 1. The number of benzene rings is 2. The van der Waals surface area contributed by atoms with Gasteiger partial charge in [-0.25, -0.2) is 4.98 Å². The maximum atomic E-state index is 12.3. The van der Waals surface area contributed by atoms with Gasteiger partial charge in [-0.15, -0.1) is 6.58 Å². The number of imidazole rings is 1. The normalized spacial score (nSPS) is 11.4. The van der Waals surface area contributed by atoms with Crippen LogP contribution < -0.4 is 14.8 Å². The molecule has 31 heavy (non-hydrogen) atoms. The van der Waals surface area contributed by atoms with Crippen molar-refractivity contribution in [1.29, 1.82) is 0 Å². The van der Waals surface area contributed by atoms with Crippen LogP contribution in [0.25, 0.3) is 11.0 Å². The molecule has 2 aromatic carbocycles. The number of nitrogens with zero attached hydrogens (tertiary/aromatic N) is 2. The number of para-hydroxylation sites is 2. The lowest BCUT2D eigenvalue weighted by molar-refractivity contribution is -0.128. The quantitative estimate of drug-likeness (QED) is 0.516. The fourth-order valence-corrected chi connectivity index (χ4v) is 3.31. The summed E-state index contributed by atoms with van der Waals surface area (Å²) in [6.07, 6.45) is 2.64. The van der Waals surface area contributed by atoms with Crippen molar-refractivity contribution in [2.75, 3.05) is 13.7 Å². The van der Waals surface area contributed by atoms with Crippen LogP contribution in [0.1, 0.15) is 32.2 Å². The van der Waals surface area contributed by atoms with Crippen LogP contribution in [-0.4, -0.2) is 29.2 Å². The molecule has 1 N–H and O–H groups in total. The third kappa shape index (κ3) is 5.45. The summed E-state index contributed by atoms with van der Waals surface area (Å²) in [5.74, 6) is 2.19. The van der Waals surface area contributed by atoms with E-state index in [-0.39, 0.29) is 5.91 Å². The number of allylic oxidation sites excluding steroid dienone is 1. The third-order valence-corrected chi connectivity index (χ3v) is 5.00. The highest BCUT2D eigenvalue weighted by Crippen LogP contribution is 2.28. The summed E-state index contributed by atoms with van der Waals surface area (Å²) in [7, 11) is 1.64. The van der Waals surface area contributed by atoms with E-state index in [0.717, 1.165) is 28.8 Å². The molecule has 0 aliphatic carbocycles. The number of carbonyl (C=O) groups excluding carboxylic acids is 1. The van der Waals surface area contributed by atoms with Crippen molar-refractivity contribution in [2.24, 2.45) is 5.41 Å². The van der Waals surface area contributed by atoms with Crippen LogP contribution in [0.4, 0.5) is 0 Å². The molecule has 0 saturated heterocycles. The smallest absolute Gasteiger partial charge is 0.225 e. The summed E-state index contributed by atoms with van der Waals surface area (Å²) in [6, 6.07) is 13.9. The van der Waals surface area contributed by atoms with Gasteiger partial charge in [-0.1, -0.05) is 45.0 Å². The number of nitrogens with one attached hydrogen (secondary N) is 1. The first kappa shape index (κ1) is 22.4. The molecule has 0 fully saturated rings. The Hall–Kier alpha value is -3.28. The van der Waals surface area contributed by atoms with Gasteiger partial charge in [0, 0.05) is 5.41 Å². The lowest BCUT2D eigenvalue weighted by atomic mass is 9.96. The number of hydrogen-bond donors (Lipinski definition) is 1. The number of fused-ring (bicyclic) bond motifs is 1. The Morgan fingerprint density at radius 1 is 1.19 bits per heavy atom. The number of carbonyl (C=O) groups is 1. The average molecular weight is 422 g/mol. The molecule has 6 nitrogen and oxygen atoms in total. The SMILES string of the molecule is C=CCc1ccc(OCCn2c(CNC(=O)C(C)(C)C)nc3ccccc32)c(OC)c1. The third-order valence-electron chi connectivity index (χ3n) is 5.00. The molecule has 164 valence electrons. The Bertz CT molecular complexity index is 1060. The standard InChI is InChI=1S/C25H31N3O3/c1-6-9-18-12-13-21(22(16-18)30-5)31-15-14-28-20-11-8-7-10-19(20)27-23(28)17-26-24(29)25(2,3)4/h6-8,10-13,16H,1,9,14-15,17H2,2-5H3,(H,26,29). The summed E-state index contributed by atoms with van der Waals surface area (Å²) in [6.45, 7) is 10.9. The highest BCUT2D eigenvalue weighted by Gasteiger charge is 2.21. The van der Waals surface area contributed by atoms with Gasteiger partial charge in [-0.3, -0.25) is 4.79 Å². The van der Waals surface area contributed by atoms with Gasteiger partial charge in [0.05, 0.1) is 31.2 Å². The zero-order valence-electron chi connectivity index (χ0n) is 18.8. The van der Waals surface area contributed by atoms with Crippen molar-refractivity contribution in [3.63, 3.8) is 0 Å². The molecule has 1 amide bonds. The average Bonchev–Trinajstić information content (AvgIpc) is 3.10. The fourth-order valence-electron chi connectivity index (χ4n) is 3.31. The number of rotatable bonds is 9. The molecule has 6 heteroatoms. The lowest BCUT2D eigenvalue weighted by Crippen LogP contribution is -2.35. The van der Waals surface area contributed by atoms with Gasteiger partial charge in [0.15, 0.2) is 11.5 Å². The summed E-state index contributed by atoms with van der Waals surface area (Å²) in [5.41, 5.74) is 2.58. The molecule has 0 aliphatic rings. The van der Waals surface area contributed by atoms with Gasteiger partial charge in [0.1, 0.15) is 12.4 Å². The molecule has 0 aliphatic heterocycles. The number of amides is 1. The Kier molecular flexibility index (Phi) is 7.00. The molecular formula is C25H31N3O3. The molecule has 1 aromatic heterocycles. The first-order valence-electron chi connectivity index (χ1n) is 10.5. The van der Waals surface area contributed by atoms with E-state index < -0.39 is 5.41 Å². The van der Waals surface area contributed by atoms with Gasteiger partial charge in [-0.2, -0.15) is 0 Å². The summed E-state index contributed by atoms with van der Waals surface area (Å²) in [5, 5.41) is 2.99. The molecule has 0 saturated carbocycles. The van der Waals surface area contributed by atoms with Crippen molar-refractivity contribution in [3.8, 4) is 11.5 Å². The van der Waals surface area contributed by atoms with Crippen LogP contribution in [0.5, 0.6) is 11.5 Å². The summed E-state index contributed by atoms with van der Waals surface area (Å²) >= 11 is 0. The Balaban J connectivity index is 1.75. The minimum atomic E-state index is -0.450. The van der Waals surface area contributed by atoms with E-state index in [1.807, 2.05) is 69.3 Å². The molecule has 0 spiro atoms. The minimum absolute atomic E-state index is 0.00768. The van der Waals surface area contributed by atoms with E-state index in [4.69, 9.17) is 14.5 Å². The van der Waals surface area contributed by atoms with Gasteiger partial charge < -0.3 is 19.4 Å². The van der Waals surface area contributed by atoms with Crippen LogP contribution in [-0.2, 0) is 24.3 Å². The minimum Gasteiger partial charge on any atom is -0.493 e. The largest absolute Gasteiger partial charge is 0.493 e. The number of ether oxygens (including phenoxy) is 2. The molecule has 0 unspecified atom stereocenters. The first-order chi connectivity index (χ1) is 14.8. The summed E-state index contributed by atoms with van der Waals surface area (Å²) < 4.78 is 13.6. The van der Waals surface area contributed by atoms with Gasteiger partial charge >= 0.3 is 0 Å². The van der Waals surface area contributed by atoms with Crippen molar-refractivity contribution in [1.82, 2.24) is 14.9 Å². The van der Waals surface area contributed by atoms with E-state index in [1.54, 1.807) is 7.11 Å². The molecule has 0 radical (unpaired) electrons. The Labute approximate surface area is 183 Å². The highest BCUT2D eigenvalue weighted by molar-refractivity contribution is 5.81. The Morgan fingerprint density at radius 2 is 1.97 bits per heavy atom. The first-order valence-corrected chi connectivity index (χ1v) is 10.5. The second kappa shape index (κ2) is 9.69. The van der Waals surface area contributed by atoms with Crippen LogP contribution in [0.3, 0.4) is 0 Å². The van der Waals surface area contributed by atoms with Crippen LogP contribution in [0, 0.1) is 5.41 Å². The van der Waals surface area contributed by atoms with E-state index in [9.17, 15) is 4.79 Å². The predicted molar refractivity (Wildman–Crippen MR) is 123 cm³/mol. The zero-order valence-corrected chi connectivity index (χ0v) is 18.8. The van der Waals surface area contributed by atoms with E-state index in [0.29, 0.717) is 31.2 Å². The second-order valence-electron chi connectivity index (χ2n) is 8.43. The van der Waals surface area contributed by atoms with Gasteiger partial charge in [-0.05, 0) is 36.2 Å². The summed E-state index contributed by atoms with van der Waals surface area (Å²) in [4.78, 5) is 17.0. The number of hydrogen-bond acceptors (Lipinski definition) is 4. The van der Waals surface area contributed by atoms with Crippen LogP contribution in [0.2, 0.25) is 0 Å².